The molecule has 1 aromatic heterocycles. The molecule has 0 spiro atoms. The molecule has 2 aliphatic heterocycles. The van der Waals surface area contributed by atoms with E-state index in [4.69, 9.17) is 0 Å². The fourth-order valence-electron chi connectivity index (χ4n) is 5.50. The van der Waals surface area contributed by atoms with Gasteiger partial charge in [0.1, 0.15) is 11.8 Å². The van der Waals surface area contributed by atoms with E-state index < -0.39 is 6.04 Å². The van der Waals surface area contributed by atoms with E-state index in [0.29, 0.717) is 53.9 Å². The molecule has 4 rings (SSSR count). The van der Waals surface area contributed by atoms with Gasteiger partial charge in [0, 0.05) is 65.1 Å². The number of phenolic OH excluding ortho intramolecular Hbond substituents is 1. The van der Waals surface area contributed by atoms with Crippen molar-refractivity contribution in [3.05, 3.63) is 56.7 Å². The lowest BCUT2D eigenvalue weighted by Crippen LogP contribution is -2.56. The lowest BCUT2D eigenvalue weighted by atomic mass is 9.89. The normalized spacial score (nSPS) is 17.3. The predicted molar refractivity (Wildman–Crippen MR) is 159 cm³/mol. The minimum absolute atomic E-state index is 0.0508. The Kier molecular flexibility index (Phi) is 10.3. The number of urea groups is 2. The van der Waals surface area contributed by atoms with Crippen molar-refractivity contribution in [2.75, 3.05) is 40.3 Å². The molecule has 2 saturated heterocycles. The molecule has 0 aliphatic carbocycles. The maximum absolute atomic E-state index is 13.8. The zero-order valence-corrected chi connectivity index (χ0v) is 25.9. The number of halogens is 2. The summed E-state index contributed by atoms with van der Waals surface area (Å²) in [6, 6.07) is 6.44. The van der Waals surface area contributed by atoms with E-state index in [0.717, 1.165) is 18.4 Å². The van der Waals surface area contributed by atoms with Crippen molar-refractivity contribution in [2.45, 2.75) is 50.1 Å². The van der Waals surface area contributed by atoms with Gasteiger partial charge in [-0.1, -0.05) is 0 Å². The molecule has 216 valence electrons. The second-order valence-electron chi connectivity index (χ2n) is 10.4. The number of benzene rings is 1. The summed E-state index contributed by atoms with van der Waals surface area (Å²) >= 11 is 6.73. The van der Waals surface area contributed by atoms with E-state index in [1.54, 1.807) is 48.4 Å². The molecule has 3 N–H and O–H groups in total. The summed E-state index contributed by atoms with van der Waals surface area (Å²) in [7, 11) is 3.37. The van der Waals surface area contributed by atoms with Crippen molar-refractivity contribution < 1.29 is 19.5 Å². The third kappa shape index (κ3) is 7.25. The van der Waals surface area contributed by atoms with E-state index in [-0.39, 0.29) is 36.2 Å². The average molecular weight is 680 g/mol. The number of pyridine rings is 1. The van der Waals surface area contributed by atoms with Crippen LogP contribution in [0, 0.1) is 0 Å². The first kappa shape index (κ1) is 30.1. The second-order valence-corrected chi connectivity index (χ2v) is 12.1. The van der Waals surface area contributed by atoms with Gasteiger partial charge in [-0.05, 0) is 98.9 Å². The molecule has 1 atom stereocenters. The Labute approximate surface area is 251 Å². The minimum atomic E-state index is -0.764. The zero-order valence-electron chi connectivity index (χ0n) is 22.8. The van der Waals surface area contributed by atoms with Crippen LogP contribution in [0.3, 0.4) is 0 Å². The summed E-state index contributed by atoms with van der Waals surface area (Å²) in [6.45, 7) is 2.20. The van der Waals surface area contributed by atoms with Gasteiger partial charge >= 0.3 is 12.1 Å². The van der Waals surface area contributed by atoms with Crippen LogP contribution in [0.4, 0.5) is 9.59 Å². The molecule has 12 heteroatoms. The zero-order chi connectivity index (χ0) is 28.8. The SMILES string of the molecule is CNC(=O)N(C)C1CCN(C(=O)N[C@@H](Cc2cc(Br)c(O)c(Br)c2)C(=O)N2CCC(c3ccncc3)CC2)CC1. The lowest BCUT2D eigenvalue weighted by Gasteiger charge is -2.38. The standard InChI is InChI=1S/C28H36Br2N6O4/c1-31-27(39)34(2)21-7-13-36(14-8-21)28(40)33-24(17-18-15-22(29)25(37)23(30)16-18)26(38)35-11-5-20(6-12-35)19-3-9-32-10-4-19/h3-4,9-10,15-16,20-21,24,37H,5-8,11-14,17H2,1-2H3,(H,31,39)(H,33,40)/t24-/m0/s1. The summed E-state index contributed by atoms with van der Waals surface area (Å²) in [6.07, 6.45) is 6.89. The smallest absolute Gasteiger partial charge is 0.318 e. The molecule has 0 bridgehead atoms. The third-order valence-corrected chi connectivity index (χ3v) is 9.14. The topological polar surface area (TPSA) is 118 Å². The number of aromatic nitrogens is 1. The number of hydrogen-bond acceptors (Lipinski definition) is 5. The number of phenols is 1. The molecule has 1 aromatic carbocycles. The third-order valence-electron chi connectivity index (χ3n) is 7.93. The van der Waals surface area contributed by atoms with Crippen molar-refractivity contribution in [1.82, 2.24) is 30.3 Å². The number of carbonyl (C=O) groups excluding carboxylic acids is 3. The van der Waals surface area contributed by atoms with E-state index in [1.165, 1.54) is 5.56 Å². The van der Waals surface area contributed by atoms with E-state index in [2.05, 4.69) is 47.5 Å². The number of amides is 5. The maximum Gasteiger partial charge on any atom is 0.318 e. The molecule has 40 heavy (non-hydrogen) atoms. The minimum Gasteiger partial charge on any atom is -0.506 e. The molecule has 2 fully saturated rings. The van der Waals surface area contributed by atoms with Gasteiger partial charge < -0.3 is 30.4 Å². The number of nitrogens with one attached hydrogen (secondary N) is 2. The van der Waals surface area contributed by atoms with Crippen LogP contribution in [-0.4, -0.2) is 95.1 Å². The summed E-state index contributed by atoms with van der Waals surface area (Å²) in [4.78, 5) is 48.5. The van der Waals surface area contributed by atoms with Crippen LogP contribution >= 0.6 is 31.9 Å². The van der Waals surface area contributed by atoms with Gasteiger partial charge in [-0.3, -0.25) is 9.78 Å². The predicted octanol–water partition coefficient (Wildman–Crippen LogP) is 4.07. The van der Waals surface area contributed by atoms with Crippen LogP contribution in [0.15, 0.2) is 45.6 Å². The largest absolute Gasteiger partial charge is 0.506 e. The summed E-state index contributed by atoms with van der Waals surface area (Å²) in [5.74, 6) is 0.341. The number of carbonyl (C=O) groups is 3. The van der Waals surface area contributed by atoms with E-state index in [1.807, 2.05) is 17.0 Å². The highest BCUT2D eigenvalue weighted by molar-refractivity contribution is 9.11. The lowest BCUT2D eigenvalue weighted by molar-refractivity contribution is -0.134. The highest BCUT2D eigenvalue weighted by Gasteiger charge is 2.33. The first-order valence-electron chi connectivity index (χ1n) is 13.5. The van der Waals surface area contributed by atoms with Crippen LogP contribution in [0.5, 0.6) is 5.75 Å². The number of nitrogens with zero attached hydrogens (tertiary/aromatic N) is 4. The van der Waals surface area contributed by atoms with Gasteiger partial charge in [0.15, 0.2) is 0 Å². The monoisotopic (exact) mass is 678 g/mol. The van der Waals surface area contributed by atoms with Crippen molar-refractivity contribution in [2.24, 2.45) is 0 Å². The molecule has 10 nitrogen and oxygen atoms in total. The molecule has 0 unspecified atom stereocenters. The van der Waals surface area contributed by atoms with E-state index >= 15 is 0 Å². The molecule has 5 amide bonds. The van der Waals surface area contributed by atoms with Crippen LogP contribution in [0.25, 0.3) is 0 Å². The van der Waals surface area contributed by atoms with Crippen molar-refractivity contribution >= 4 is 49.8 Å². The number of hydrogen-bond donors (Lipinski definition) is 3. The van der Waals surface area contributed by atoms with Gasteiger partial charge in [0.25, 0.3) is 0 Å². The number of aromatic hydroxyl groups is 1. The molecule has 2 aliphatic rings. The molecule has 0 radical (unpaired) electrons. The van der Waals surface area contributed by atoms with Gasteiger partial charge in [-0.15, -0.1) is 0 Å². The highest BCUT2D eigenvalue weighted by atomic mass is 79.9. The Morgan fingerprint density at radius 1 is 1.02 bits per heavy atom. The maximum atomic E-state index is 13.8. The molecule has 2 aromatic rings. The average Bonchev–Trinajstić information content (AvgIpc) is 2.98. The quantitative estimate of drug-likeness (QED) is 0.426. The van der Waals surface area contributed by atoms with Gasteiger partial charge in [-0.25, -0.2) is 9.59 Å². The summed E-state index contributed by atoms with van der Waals surface area (Å²) < 4.78 is 1.02. The second kappa shape index (κ2) is 13.7. The first-order chi connectivity index (χ1) is 19.2. The molecular formula is C28H36Br2N6O4. The van der Waals surface area contributed by atoms with Crippen LogP contribution in [0.1, 0.15) is 42.7 Å². The highest BCUT2D eigenvalue weighted by Crippen LogP contribution is 2.34. The number of likely N-dealkylation sites (tertiary alicyclic amines) is 2. The first-order valence-corrected chi connectivity index (χ1v) is 15.1. The van der Waals surface area contributed by atoms with E-state index in [9.17, 15) is 19.5 Å². The Hall–Kier alpha value is -2.86. The Morgan fingerprint density at radius 3 is 2.17 bits per heavy atom. The molecular weight excluding hydrogens is 644 g/mol. The van der Waals surface area contributed by atoms with Gasteiger partial charge in [0.05, 0.1) is 8.95 Å². The molecule has 3 heterocycles. The van der Waals surface area contributed by atoms with Crippen LogP contribution in [-0.2, 0) is 11.2 Å². The van der Waals surface area contributed by atoms with Crippen LogP contribution < -0.4 is 10.6 Å². The van der Waals surface area contributed by atoms with Gasteiger partial charge in [-0.2, -0.15) is 0 Å². The fourth-order valence-corrected chi connectivity index (χ4v) is 6.78. The fraction of sp³-hybridized carbons (Fsp3) is 0.500. The summed E-state index contributed by atoms with van der Waals surface area (Å²) in [5, 5.41) is 15.8. The summed E-state index contributed by atoms with van der Waals surface area (Å²) in [5.41, 5.74) is 2.03. The van der Waals surface area contributed by atoms with Crippen LogP contribution in [0.2, 0.25) is 0 Å². The Bertz CT molecular complexity index is 1180. The Balaban J connectivity index is 1.44. The van der Waals surface area contributed by atoms with Crippen molar-refractivity contribution in [3.8, 4) is 5.75 Å². The van der Waals surface area contributed by atoms with Crippen molar-refractivity contribution in [3.63, 3.8) is 0 Å². The number of rotatable bonds is 6. The Morgan fingerprint density at radius 2 is 1.60 bits per heavy atom. The van der Waals surface area contributed by atoms with Crippen molar-refractivity contribution in [1.29, 1.82) is 0 Å². The molecule has 0 saturated carbocycles. The van der Waals surface area contributed by atoms with Gasteiger partial charge in [0.2, 0.25) is 5.91 Å². The number of piperidine rings is 2.